The first kappa shape index (κ1) is 17.3. The van der Waals surface area contributed by atoms with Crippen LogP contribution in [0.4, 0.5) is 0 Å². The fourth-order valence-corrected chi connectivity index (χ4v) is 3.50. The third kappa shape index (κ3) is 3.18. The van der Waals surface area contributed by atoms with Crippen LogP contribution in [0, 0.1) is 13.8 Å². The standard InChI is InChI=1S/C19H21N5O3/c1-12-6-17-21-16(11-23(17)8-13(12)2)18(25)22-5-3-4-15(10-22)24-9-14(7-20-24)19(26)27/h6-9,11,15H,3-5,10H2,1-2H3,(H,26,27). The number of imidazole rings is 1. The van der Waals surface area contributed by atoms with Gasteiger partial charge in [0.25, 0.3) is 5.91 Å². The van der Waals surface area contributed by atoms with Crippen LogP contribution < -0.4 is 0 Å². The molecule has 140 valence electrons. The molecular formula is C19H21N5O3. The molecule has 0 aliphatic carbocycles. The number of carboxylic acid groups (broad SMARTS) is 1. The highest BCUT2D eigenvalue weighted by Gasteiger charge is 2.27. The summed E-state index contributed by atoms with van der Waals surface area (Å²) in [5.74, 6) is -1.11. The van der Waals surface area contributed by atoms with Crippen molar-refractivity contribution in [2.45, 2.75) is 32.7 Å². The minimum absolute atomic E-state index is 0.0303. The van der Waals surface area contributed by atoms with Crippen molar-refractivity contribution < 1.29 is 14.7 Å². The molecule has 0 bridgehead atoms. The lowest BCUT2D eigenvalue weighted by Gasteiger charge is -2.32. The predicted octanol–water partition coefficient (Wildman–Crippen LogP) is 2.32. The van der Waals surface area contributed by atoms with E-state index < -0.39 is 5.97 Å². The molecule has 0 spiro atoms. The molecule has 0 radical (unpaired) electrons. The number of pyridine rings is 1. The van der Waals surface area contributed by atoms with E-state index in [1.165, 1.54) is 12.4 Å². The summed E-state index contributed by atoms with van der Waals surface area (Å²) in [6.45, 7) is 5.21. The number of piperidine rings is 1. The van der Waals surface area contributed by atoms with E-state index in [0.717, 1.165) is 29.6 Å². The van der Waals surface area contributed by atoms with Crippen molar-refractivity contribution in [2.24, 2.45) is 0 Å². The maximum Gasteiger partial charge on any atom is 0.338 e. The Labute approximate surface area is 156 Å². The van der Waals surface area contributed by atoms with Crippen molar-refractivity contribution in [3.8, 4) is 0 Å². The molecule has 1 unspecified atom stereocenters. The van der Waals surface area contributed by atoms with Crippen LogP contribution in [0.1, 0.15) is 50.9 Å². The van der Waals surface area contributed by atoms with Gasteiger partial charge in [0.1, 0.15) is 11.3 Å². The Hall–Kier alpha value is -3.16. The topological polar surface area (TPSA) is 92.7 Å². The van der Waals surface area contributed by atoms with E-state index in [4.69, 9.17) is 5.11 Å². The maximum atomic E-state index is 13.0. The molecule has 1 fully saturated rings. The number of aromatic carboxylic acids is 1. The number of fused-ring (bicyclic) bond motifs is 1. The summed E-state index contributed by atoms with van der Waals surface area (Å²) in [6.07, 6.45) is 8.31. The fraction of sp³-hybridized carbons (Fsp3) is 0.368. The van der Waals surface area contributed by atoms with Gasteiger partial charge in [-0.05, 0) is 43.9 Å². The number of hydrogen-bond donors (Lipinski definition) is 1. The normalized spacial score (nSPS) is 17.4. The number of carbonyl (C=O) groups is 2. The van der Waals surface area contributed by atoms with Crippen molar-refractivity contribution in [2.75, 3.05) is 13.1 Å². The quantitative estimate of drug-likeness (QED) is 0.767. The lowest BCUT2D eigenvalue weighted by molar-refractivity contribution is 0.0661. The van der Waals surface area contributed by atoms with E-state index >= 15 is 0 Å². The average molecular weight is 367 g/mol. The zero-order valence-electron chi connectivity index (χ0n) is 15.3. The van der Waals surface area contributed by atoms with Gasteiger partial charge in [0.2, 0.25) is 0 Å². The molecule has 1 N–H and O–H groups in total. The lowest BCUT2D eigenvalue weighted by Crippen LogP contribution is -2.41. The summed E-state index contributed by atoms with van der Waals surface area (Å²) in [4.78, 5) is 30.3. The zero-order chi connectivity index (χ0) is 19.1. The number of amides is 1. The fourth-order valence-electron chi connectivity index (χ4n) is 3.50. The van der Waals surface area contributed by atoms with Crippen LogP contribution in [-0.2, 0) is 0 Å². The molecule has 3 aromatic rings. The molecule has 1 aliphatic rings. The third-order valence-electron chi connectivity index (χ3n) is 5.19. The second-order valence-corrected chi connectivity index (χ2v) is 7.09. The van der Waals surface area contributed by atoms with Gasteiger partial charge in [0.05, 0.1) is 17.8 Å². The van der Waals surface area contributed by atoms with Crippen LogP contribution in [0.3, 0.4) is 0 Å². The number of aryl methyl sites for hydroxylation is 2. The molecule has 8 heteroatoms. The van der Waals surface area contributed by atoms with E-state index in [1.807, 2.05) is 30.5 Å². The molecule has 1 atom stereocenters. The summed E-state index contributed by atoms with van der Waals surface area (Å²) in [5, 5.41) is 13.2. The second-order valence-electron chi connectivity index (χ2n) is 7.09. The highest BCUT2D eigenvalue weighted by molar-refractivity contribution is 5.93. The number of nitrogens with zero attached hydrogens (tertiary/aromatic N) is 5. The highest BCUT2D eigenvalue weighted by atomic mass is 16.4. The molecule has 4 heterocycles. The monoisotopic (exact) mass is 367 g/mol. The SMILES string of the molecule is Cc1cc2nc(C(=O)N3CCCC(n4cc(C(=O)O)cn4)C3)cn2cc1C. The first-order chi connectivity index (χ1) is 12.9. The first-order valence-electron chi connectivity index (χ1n) is 8.95. The second kappa shape index (κ2) is 6.53. The van der Waals surface area contributed by atoms with Crippen molar-refractivity contribution >= 4 is 17.5 Å². The first-order valence-corrected chi connectivity index (χ1v) is 8.95. The van der Waals surface area contributed by atoms with E-state index in [9.17, 15) is 9.59 Å². The Kier molecular flexibility index (Phi) is 4.18. The molecule has 27 heavy (non-hydrogen) atoms. The molecule has 3 aromatic heterocycles. The van der Waals surface area contributed by atoms with Gasteiger partial charge in [0.15, 0.2) is 0 Å². The average Bonchev–Trinajstić information content (AvgIpc) is 3.29. The number of carboxylic acids is 1. The molecular weight excluding hydrogens is 346 g/mol. The Morgan fingerprint density at radius 1 is 1.19 bits per heavy atom. The molecule has 0 saturated carbocycles. The van der Waals surface area contributed by atoms with Gasteiger partial charge in [-0.15, -0.1) is 0 Å². The number of likely N-dealkylation sites (tertiary alicyclic amines) is 1. The molecule has 4 rings (SSSR count). The van der Waals surface area contributed by atoms with E-state index in [2.05, 4.69) is 10.1 Å². The van der Waals surface area contributed by atoms with Gasteiger partial charge in [-0.3, -0.25) is 9.48 Å². The van der Waals surface area contributed by atoms with Crippen molar-refractivity contribution in [1.82, 2.24) is 24.1 Å². The van der Waals surface area contributed by atoms with Gasteiger partial charge in [0, 0.05) is 31.7 Å². The molecule has 1 aliphatic heterocycles. The smallest absolute Gasteiger partial charge is 0.338 e. The minimum atomic E-state index is -1.000. The van der Waals surface area contributed by atoms with Gasteiger partial charge >= 0.3 is 5.97 Å². The number of rotatable bonds is 3. The number of hydrogen-bond acceptors (Lipinski definition) is 4. The Balaban J connectivity index is 1.55. The van der Waals surface area contributed by atoms with E-state index in [0.29, 0.717) is 18.8 Å². The van der Waals surface area contributed by atoms with Crippen LogP contribution in [-0.4, -0.2) is 54.1 Å². The van der Waals surface area contributed by atoms with Crippen molar-refractivity contribution in [3.63, 3.8) is 0 Å². The highest BCUT2D eigenvalue weighted by Crippen LogP contribution is 2.23. The van der Waals surface area contributed by atoms with Crippen LogP contribution in [0.15, 0.2) is 30.9 Å². The van der Waals surface area contributed by atoms with Crippen LogP contribution in [0.2, 0.25) is 0 Å². The maximum absolute atomic E-state index is 13.0. The van der Waals surface area contributed by atoms with Gasteiger partial charge in [-0.2, -0.15) is 5.10 Å². The molecule has 1 amide bonds. The Morgan fingerprint density at radius 2 is 2.00 bits per heavy atom. The van der Waals surface area contributed by atoms with Crippen molar-refractivity contribution in [1.29, 1.82) is 0 Å². The summed E-state index contributed by atoms with van der Waals surface area (Å²) in [7, 11) is 0. The summed E-state index contributed by atoms with van der Waals surface area (Å²) < 4.78 is 3.53. The van der Waals surface area contributed by atoms with Crippen LogP contribution in [0.25, 0.3) is 5.65 Å². The van der Waals surface area contributed by atoms with E-state index in [1.54, 1.807) is 15.8 Å². The minimum Gasteiger partial charge on any atom is -0.478 e. The zero-order valence-corrected chi connectivity index (χ0v) is 15.3. The third-order valence-corrected chi connectivity index (χ3v) is 5.19. The van der Waals surface area contributed by atoms with E-state index in [-0.39, 0.29) is 17.5 Å². The summed E-state index contributed by atoms with van der Waals surface area (Å²) >= 11 is 0. The summed E-state index contributed by atoms with van der Waals surface area (Å²) in [5.41, 5.74) is 3.62. The Bertz CT molecular complexity index is 996. The largest absolute Gasteiger partial charge is 0.478 e. The number of carbonyl (C=O) groups excluding carboxylic acids is 1. The van der Waals surface area contributed by atoms with Crippen LogP contribution in [0.5, 0.6) is 0 Å². The van der Waals surface area contributed by atoms with Gasteiger partial charge < -0.3 is 14.4 Å². The molecule has 1 saturated heterocycles. The van der Waals surface area contributed by atoms with Gasteiger partial charge in [-0.1, -0.05) is 0 Å². The van der Waals surface area contributed by atoms with Gasteiger partial charge in [-0.25, -0.2) is 9.78 Å². The molecule has 8 nitrogen and oxygen atoms in total. The molecule has 0 aromatic carbocycles. The number of aromatic nitrogens is 4. The van der Waals surface area contributed by atoms with Crippen molar-refractivity contribution in [3.05, 3.63) is 53.2 Å². The Morgan fingerprint density at radius 3 is 2.74 bits per heavy atom. The van der Waals surface area contributed by atoms with Crippen LogP contribution >= 0.6 is 0 Å². The predicted molar refractivity (Wildman–Crippen MR) is 98.0 cm³/mol. The summed E-state index contributed by atoms with van der Waals surface area (Å²) in [6, 6.07) is 1.94. The lowest BCUT2D eigenvalue weighted by atomic mass is 10.1.